The molecule has 0 aromatic rings. The van der Waals surface area contributed by atoms with Gasteiger partial charge < -0.3 is 15.3 Å². The van der Waals surface area contributed by atoms with Crippen LogP contribution in [0, 0.1) is 0 Å². The molecule has 0 aromatic carbocycles. The lowest BCUT2D eigenvalue weighted by Gasteiger charge is -2.32. The highest BCUT2D eigenvalue weighted by molar-refractivity contribution is 4.79. The van der Waals surface area contributed by atoms with E-state index in [0.29, 0.717) is 6.61 Å². The van der Waals surface area contributed by atoms with Crippen LogP contribution in [0.4, 0.5) is 0 Å². The van der Waals surface area contributed by atoms with Gasteiger partial charge in [0.1, 0.15) is 0 Å². The Bertz CT molecular complexity index is 124. The zero-order chi connectivity index (χ0) is 10.3. The van der Waals surface area contributed by atoms with Crippen molar-refractivity contribution in [1.29, 1.82) is 0 Å². The number of hydrogen-bond acceptors (Lipinski definition) is 3. The van der Waals surface area contributed by atoms with Crippen LogP contribution in [0.15, 0.2) is 0 Å². The van der Waals surface area contributed by atoms with E-state index in [4.69, 9.17) is 5.11 Å². The number of rotatable bonds is 7. The first-order valence-electron chi connectivity index (χ1n) is 4.99. The Morgan fingerprint density at radius 3 is 2.31 bits per heavy atom. The van der Waals surface area contributed by atoms with E-state index in [1.165, 1.54) is 0 Å². The lowest BCUT2D eigenvalue weighted by Crippen LogP contribution is -2.46. The van der Waals surface area contributed by atoms with Gasteiger partial charge in [-0.05, 0) is 47.3 Å². The van der Waals surface area contributed by atoms with Gasteiger partial charge in [0.15, 0.2) is 0 Å². The number of unbranched alkanes of at least 4 members (excludes halogenated alkanes) is 1. The summed E-state index contributed by atoms with van der Waals surface area (Å²) in [5, 5.41) is 12.0. The largest absolute Gasteiger partial charge is 0.396 e. The molecule has 0 heterocycles. The molecule has 0 rings (SSSR count). The van der Waals surface area contributed by atoms with Crippen LogP contribution in [-0.2, 0) is 0 Å². The molecular formula is C10H24N2O. The molecule has 80 valence electrons. The highest BCUT2D eigenvalue weighted by Crippen LogP contribution is 2.07. The monoisotopic (exact) mass is 188 g/mol. The van der Waals surface area contributed by atoms with E-state index in [9.17, 15) is 0 Å². The predicted molar refractivity (Wildman–Crippen MR) is 57.0 cm³/mol. The molecule has 3 heteroatoms. The third kappa shape index (κ3) is 6.02. The Morgan fingerprint density at radius 2 is 1.85 bits per heavy atom. The SMILES string of the molecule is CN(C)C(C)(C)CNCCCCO. The molecule has 3 nitrogen and oxygen atoms in total. The Hall–Kier alpha value is -0.120. The fourth-order valence-corrected chi connectivity index (χ4v) is 0.914. The van der Waals surface area contributed by atoms with E-state index in [1.807, 2.05) is 0 Å². The second kappa shape index (κ2) is 6.35. The molecular weight excluding hydrogens is 164 g/mol. The van der Waals surface area contributed by atoms with Gasteiger partial charge >= 0.3 is 0 Å². The van der Waals surface area contributed by atoms with Crippen molar-refractivity contribution in [3.63, 3.8) is 0 Å². The van der Waals surface area contributed by atoms with Crippen molar-refractivity contribution in [1.82, 2.24) is 10.2 Å². The maximum atomic E-state index is 8.58. The van der Waals surface area contributed by atoms with Crippen molar-refractivity contribution >= 4 is 0 Å². The first-order valence-corrected chi connectivity index (χ1v) is 4.99. The van der Waals surface area contributed by atoms with E-state index in [-0.39, 0.29) is 5.54 Å². The van der Waals surface area contributed by atoms with Gasteiger partial charge in [-0.1, -0.05) is 0 Å². The standard InChI is InChI=1S/C10H24N2O/c1-10(2,12(3)4)9-11-7-5-6-8-13/h11,13H,5-9H2,1-4H3. The molecule has 0 saturated carbocycles. The number of hydrogen-bond donors (Lipinski definition) is 2. The Morgan fingerprint density at radius 1 is 1.23 bits per heavy atom. The molecule has 0 atom stereocenters. The second-order valence-corrected chi connectivity index (χ2v) is 4.31. The van der Waals surface area contributed by atoms with E-state index in [1.54, 1.807) is 0 Å². The summed E-state index contributed by atoms with van der Waals surface area (Å²) in [6, 6.07) is 0. The third-order valence-corrected chi connectivity index (χ3v) is 2.53. The lowest BCUT2D eigenvalue weighted by molar-refractivity contribution is 0.189. The molecule has 0 radical (unpaired) electrons. The van der Waals surface area contributed by atoms with Gasteiger partial charge in [-0.3, -0.25) is 0 Å². The van der Waals surface area contributed by atoms with Gasteiger partial charge in [0.05, 0.1) is 0 Å². The fraction of sp³-hybridized carbons (Fsp3) is 1.00. The quantitative estimate of drug-likeness (QED) is 0.577. The van der Waals surface area contributed by atoms with Crippen molar-refractivity contribution < 1.29 is 5.11 Å². The topological polar surface area (TPSA) is 35.5 Å². The van der Waals surface area contributed by atoms with Crippen molar-refractivity contribution in [2.24, 2.45) is 0 Å². The van der Waals surface area contributed by atoms with Crippen LogP contribution >= 0.6 is 0 Å². The lowest BCUT2D eigenvalue weighted by atomic mass is 10.0. The van der Waals surface area contributed by atoms with Crippen molar-refractivity contribution in [2.75, 3.05) is 33.8 Å². The Kier molecular flexibility index (Phi) is 6.29. The zero-order valence-electron chi connectivity index (χ0n) is 9.43. The summed E-state index contributed by atoms with van der Waals surface area (Å²) in [7, 11) is 4.19. The predicted octanol–water partition coefficient (Wildman–Crippen LogP) is 0.689. The first-order chi connectivity index (χ1) is 6.00. The second-order valence-electron chi connectivity index (χ2n) is 4.31. The van der Waals surface area contributed by atoms with Crippen LogP contribution in [0.1, 0.15) is 26.7 Å². The van der Waals surface area contributed by atoms with Gasteiger partial charge in [-0.2, -0.15) is 0 Å². The molecule has 0 aromatic heterocycles. The Balaban J connectivity index is 3.41. The minimum absolute atomic E-state index is 0.208. The van der Waals surface area contributed by atoms with Crippen LogP contribution in [0.2, 0.25) is 0 Å². The smallest absolute Gasteiger partial charge is 0.0431 e. The average molecular weight is 188 g/mol. The van der Waals surface area contributed by atoms with Crippen molar-refractivity contribution in [2.45, 2.75) is 32.2 Å². The summed E-state index contributed by atoms with van der Waals surface area (Å²) in [5.41, 5.74) is 0.208. The number of likely N-dealkylation sites (N-methyl/N-ethyl adjacent to an activating group) is 1. The van der Waals surface area contributed by atoms with Crippen molar-refractivity contribution in [3.8, 4) is 0 Å². The molecule has 0 aliphatic rings. The van der Waals surface area contributed by atoms with Crippen LogP contribution in [-0.4, -0.2) is 49.3 Å². The van der Waals surface area contributed by atoms with Crippen LogP contribution in [0.3, 0.4) is 0 Å². The summed E-state index contributed by atoms with van der Waals surface area (Å²) in [5.74, 6) is 0. The molecule has 0 aliphatic carbocycles. The number of nitrogens with zero attached hydrogens (tertiary/aromatic N) is 1. The maximum Gasteiger partial charge on any atom is 0.0431 e. The van der Waals surface area contributed by atoms with Gasteiger partial charge in [-0.15, -0.1) is 0 Å². The molecule has 0 saturated heterocycles. The van der Waals surface area contributed by atoms with E-state index in [2.05, 4.69) is 38.2 Å². The van der Waals surface area contributed by atoms with Crippen LogP contribution in [0.25, 0.3) is 0 Å². The molecule has 0 fully saturated rings. The molecule has 13 heavy (non-hydrogen) atoms. The minimum atomic E-state index is 0.208. The molecule has 2 N–H and O–H groups in total. The average Bonchev–Trinajstić information content (AvgIpc) is 2.03. The Labute approximate surface area is 82.1 Å². The number of nitrogens with one attached hydrogen (secondary N) is 1. The van der Waals surface area contributed by atoms with E-state index in [0.717, 1.165) is 25.9 Å². The summed E-state index contributed by atoms with van der Waals surface area (Å²) >= 11 is 0. The first kappa shape index (κ1) is 12.9. The summed E-state index contributed by atoms with van der Waals surface area (Å²) < 4.78 is 0. The number of aliphatic hydroxyl groups is 1. The molecule has 0 aliphatic heterocycles. The third-order valence-electron chi connectivity index (χ3n) is 2.53. The highest BCUT2D eigenvalue weighted by atomic mass is 16.2. The fourth-order valence-electron chi connectivity index (χ4n) is 0.914. The molecule has 0 unspecified atom stereocenters. The van der Waals surface area contributed by atoms with Gasteiger partial charge in [0.25, 0.3) is 0 Å². The van der Waals surface area contributed by atoms with Gasteiger partial charge in [-0.25, -0.2) is 0 Å². The molecule has 0 spiro atoms. The maximum absolute atomic E-state index is 8.58. The molecule has 0 amide bonds. The summed E-state index contributed by atoms with van der Waals surface area (Å²) in [6.45, 7) is 6.72. The van der Waals surface area contributed by atoms with Crippen LogP contribution < -0.4 is 5.32 Å². The van der Waals surface area contributed by atoms with Crippen LogP contribution in [0.5, 0.6) is 0 Å². The summed E-state index contributed by atoms with van der Waals surface area (Å²) in [6.07, 6.45) is 1.95. The normalized spacial score (nSPS) is 12.5. The number of aliphatic hydroxyl groups excluding tert-OH is 1. The van der Waals surface area contributed by atoms with Gasteiger partial charge in [0, 0.05) is 18.7 Å². The highest BCUT2D eigenvalue weighted by Gasteiger charge is 2.18. The van der Waals surface area contributed by atoms with E-state index < -0.39 is 0 Å². The minimum Gasteiger partial charge on any atom is -0.396 e. The molecule has 0 bridgehead atoms. The zero-order valence-corrected chi connectivity index (χ0v) is 9.43. The van der Waals surface area contributed by atoms with Crippen molar-refractivity contribution in [3.05, 3.63) is 0 Å². The van der Waals surface area contributed by atoms with Gasteiger partial charge in [0.2, 0.25) is 0 Å². The van der Waals surface area contributed by atoms with E-state index >= 15 is 0 Å². The summed E-state index contributed by atoms with van der Waals surface area (Å²) in [4.78, 5) is 2.21.